The van der Waals surface area contributed by atoms with Crippen molar-refractivity contribution in [3.63, 3.8) is 0 Å². The van der Waals surface area contributed by atoms with Gasteiger partial charge in [-0.05, 0) is 17.7 Å². The second-order valence-corrected chi connectivity index (χ2v) is 4.15. The number of aliphatic hydroxyl groups is 1. The summed E-state index contributed by atoms with van der Waals surface area (Å²) in [6, 6.07) is 7.58. The fraction of sp³-hybridized carbons (Fsp3) is 0.364. The summed E-state index contributed by atoms with van der Waals surface area (Å²) in [4.78, 5) is 10.6. The maximum absolute atomic E-state index is 10.6. The highest BCUT2D eigenvalue weighted by Gasteiger charge is 2.11. The van der Waals surface area contributed by atoms with Crippen molar-refractivity contribution in [2.75, 3.05) is 13.2 Å². The third kappa shape index (κ3) is 4.01. The molecule has 1 N–H and O–H groups in total. The second kappa shape index (κ2) is 5.88. The monoisotopic (exact) mass is 272 g/mol. The summed E-state index contributed by atoms with van der Waals surface area (Å²) in [6.45, 7) is 1.54. The van der Waals surface area contributed by atoms with Gasteiger partial charge in [0.25, 0.3) is 0 Å². The van der Waals surface area contributed by atoms with Crippen molar-refractivity contribution < 1.29 is 14.6 Å². The van der Waals surface area contributed by atoms with Crippen LogP contribution >= 0.6 is 15.9 Å². The zero-order chi connectivity index (χ0) is 11.3. The van der Waals surface area contributed by atoms with E-state index in [-0.39, 0.29) is 25.1 Å². The van der Waals surface area contributed by atoms with Gasteiger partial charge < -0.3 is 9.84 Å². The van der Waals surface area contributed by atoms with Crippen molar-refractivity contribution in [2.24, 2.45) is 0 Å². The molecule has 1 atom stereocenters. The van der Waals surface area contributed by atoms with Crippen LogP contribution in [0.1, 0.15) is 18.4 Å². The molecule has 0 bridgehead atoms. The zero-order valence-corrected chi connectivity index (χ0v) is 10.0. The van der Waals surface area contributed by atoms with Gasteiger partial charge >= 0.3 is 5.97 Å². The molecule has 0 aliphatic carbocycles. The Bertz CT molecular complexity index is 321. The van der Waals surface area contributed by atoms with Crippen molar-refractivity contribution >= 4 is 21.9 Å². The summed E-state index contributed by atoms with van der Waals surface area (Å²) in [5.74, 6) is -0.479. The van der Waals surface area contributed by atoms with Crippen molar-refractivity contribution in [2.45, 2.75) is 12.8 Å². The fourth-order valence-corrected chi connectivity index (χ4v) is 1.47. The highest BCUT2D eigenvalue weighted by Crippen LogP contribution is 2.18. The first-order valence-corrected chi connectivity index (χ1v) is 5.42. The molecule has 0 saturated carbocycles. The van der Waals surface area contributed by atoms with E-state index in [2.05, 4.69) is 15.9 Å². The molecule has 15 heavy (non-hydrogen) atoms. The highest BCUT2D eigenvalue weighted by atomic mass is 79.9. The van der Waals surface area contributed by atoms with Gasteiger partial charge in [0.1, 0.15) is 6.61 Å². The number of rotatable bonds is 4. The van der Waals surface area contributed by atoms with Crippen LogP contribution in [0.15, 0.2) is 28.7 Å². The van der Waals surface area contributed by atoms with Crippen LogP contribution in [0.25, 0.3) is 0 Å². The summed E-state index contributed by atoms with van der Waals surface area (Å²) >= 11 is 3.33. The lowest BCUT2D eigenvalue weighted by molar-refractivity contribution is -0.141. The molecule has 0 aliphatic heterocycles. The van der Waals surface area contributed by atoms with Crippen molar-refractivity contribution in [1.29, 1.82) is 0 Å². The number of carbonyl (C=O) groups is 1. The number of carbonyl (C=O) groups excluding carboxylic acids is 1. The van der Waals surface area contributed by atoms with Crippen molar-refractivity contribution in [3.05, 3.63) is 34.3 Å². The molecule has 0 spiro atoms. The number of halogens is 1. The van der Waals surface area contributed by atoms with Crippen LogP contribution in [0.3, 0.4) is 0 Å². The molecule has 0 aliphatic rings. The molecular weight excluding hydrogens is 260 g/mol. The number of hydrogen-bond donors (Lipinski definition) is 1. The molecule has 0 saturated heterocycles. The number of esters is 1. The van der Waals surface area contributed by atoms with Gasteiger partial charge in [-0.1, -0.05) is 28.1 Å². The molecule has 1 rings (SSSR count). The first-order chi connectivity index (χ1) is 7.13. The zero-order valence-electron chi connectivity index (χ0n) is 8.44. The highest BCUT2D eigenvalue weighted by molar-refractivity contribution is 9.10. The summed E-state index contributed by atoms with van der Waals surface area (Å²) in [6.07, 6.45) is 0. The first kappa shape index (κ1) is 12.2. The van der Waals surface area contributed by atoms with Crippen LogP contribution in [0.2, 0.25) is 0 Å². The van der Waals surface area contributed by atoms with E-state index in [1.165, 1.54) is 6.92 Å². The Morgan fingerprint density at radius 1 is 1.47 bits per heavy atom. The Morgan fingerprint density at radius 2 is 2.07 bits per heavy atom. The molecule has 1 aromatic rings. The average molecular weight is 273 g/mol. The van der Waals surface area contributed by atoms with Crippen molar-refractivity contribution in [3.8, 4) is 0 Å². The molecule has 3 nitrogen and oxygen atoms in total. The number of benzene rings is 1. The van der Waals surface area contributed by atoms with Gasteiger partial charge in [0.05, 0.1) is 6.61 Å². The maximum atomic E-state index is 10.6. The van der Waals surface area contributed by atoms with E-state index in [1.54, 1.807) is 0 Å². The van der Waals surface area contributed by atoms with Gasteiger partial charge in [-0.3, -0.25) is 4.79 Å². The van der Waals surface area contributed by atoms with Crippen LogP contribution in [0.5, 0.6) is 0 Å². The van der Waals surface area contributed by atoms with Crippen LogP contribution in [0, 0.1) is 0 Å². The molecule has 82 valence electrons. The van der Waals surface area contributed by atoms with E-state index in [0.29, 0.717) is 0 Å². The quantitative estimate of drug-likeness (QED) is 0.854. The van der Waals surface area contributed by atoms with E-state index >= 15 is 0 Å². The third-order valence-corrected chi connectivity index (χ3v) is 2.58. The predicted octanol–water partition coefficient (Wildman–Crippen LogP) is 2.09. The summed E-state index contributed by atoms with van der Waals surface area (Å²) < 4.78 is 5.85. The Labute approximate surface area is 97.2 Å². The molecule has 1 unspecified atom stereocenters. The van der Waals surface area contributed by atoms with Gasteiger partial charge in [0.2, 0.25) is 0 Å². The Morgan fingerprint density at radius 3 is 2.53 bits per heavy atom. The minimum atomic E-state index is -0.328. The van der Waals surface area contributed by atoms with E-state index in [4.69, 9.17) is 9.84 Å². The Kier molecular flexibility index (Phi) is 4.78. The topological polar surface area (TPSA) is 46.5 Å². The lowest BCUT2D eigenvalue weighted by Crippen LogP contribution is -2.14. The van der Waals surface area contributed by atoms with Gasteiger partial charge in [-0.25, -0.2) is 0 Å². The van der Waals surface area contributed by atoms with E-state index < -0.39 is 0 Å². The van der Waals surface area contributed by atoms with E-state index in [9.17, 15) is 4.79 Å². The van der Waals surface area contributed by atoms with Gasteiger partial charge in [0, 0.05) is 17.3 Å². The first-order valence-electron chi connectivity index (χ1n) is 4.63. The molecule has 0 radical (unpaired) electrons. The second-order valence-electron chi connectivity index (χ2n) is 3.23. The fourth-order valence-electron chi connectivity index (χ4n) is 1.21. The molecule has 0 fully saturated rings. The van der Waals surface area contributed by atoms with E-state index in [1.807, 2.05) is 24.3 Å². The predicted molar refractivity (Wildman–Crippen MR) is 60.6 cm³/mol. The summed E-state index contributed by atoms with van der Waals surface area (Å²) in [5, 5.41) is 9.16. The van der Waals surface area contributed by atoms with Crippen LogP contribution in [-0.4, -0.2) is 24.3 Å². The normalized spacial score (nSPS) is 12.2. The van der Waals surface area contributed by atoms with Crippen molar-refractivity contribution in [1.82, 2.24) is 0 Å². The smallest absolute Gasteiger partial charge is 0.302 e. The van der Waals surface area contributed by atoms with Gasteiger partial charge in [0.15, 0.2) is 0 Å². The summed E-state index contributed by atoms with van der Waals surface area (Å²) in [7, 11) is 0. The van der Waals surface area contributed by atoms with Crippen LogP contribution in [-0.2, 0) is 9.53 Å². The lowest BCUT2D eigenvalue weighted by atomic mass is 10.0. The number of hydrogen-bond acceptors (Lipinski definition) is 3. The molecular formula is C11H13BrO3. The molecule has 1 aromatic carbocycles. The standard InChI is InChI=1S/C11H13BrO3/c1-8(14)15-7-10(6-13)9-2-4-11(12)5-3-9/h2-5,10,13H,6-7H2,1H3. The maximum Gasteiger partial charge on any atom is 0.302 e. The SMILES string of the molecule is CC(=O)OCC(CO)c1ccc(Br)cc1. The average Bonchev–Trinajstić information content (AvgIpc) is 2.21. The van der Waals surface area contributed by atoms with Gasteiger partial charge in [-0.15, -0.1) is 0 Å². The third-order valence-electron chi connectivity index (χ3n) is 2.05. The van der Waals surface area contributed by atoms with E-state index in [0.717, 1.165) is 10.0 Å². The molecule has 0 heterocycles. The number of ether oxygens (including phenoxy) is 1. The Hall–Kier alpha value is -0.870. The minimum absolute atomic E-state index is 0.0328. The molecule has 0 amide bonds. The summed E-state index contributed by atoms with van der Waals surface area (Å²) in [5.41, 5.74) is 0.960. The molecule has 4 heteroatoms. The van der Waals surface area contributed by atoms with Crippen LogP contribution in [0.4, 0.5) is 0 Å². The molecule has 0 aromatic heterocycles. The van der Waals surface area contributed by atoms with Gasteiger partial charge in [-0.2, -0.15) is 0 Å². The largest absolute Gasteiger partial charge is 0.465 e. The Balaban J connectivity index is 2.65. The minimum Gasteiger partial charge on any atom is -0.465 e. The lowest BCUT2D eigenvalue weighted by Gasteiger charge is -2.14. The number of aliphatic hydroxyl groups excluding tert-OH is 1. The van der Waals surface area contributed by atoms with Crippen LogP contribution < -0.4 is 0 Å².